The molecule has 0 aliphatic rings. The Kier molecular flexibility index (Phi) is 5.46. The highest BCUT2D eigenvalue weighted by Gasteiger charge is 2.19. The van der Waals surface area contributed by atoms with E-state index in [4.69, 9.17) is 0 Å². The van der Waals surface area contributed by atoms with Gasteiger partial charge in [-0.3, -0.25) is 4.98 Å². The van der Waals surface area contributed by atoms with Gasteiger partial charge in [0.1, 0.15) is 0 Å². The second-order valence-electron chi connectivity index (χ2n) is 4.63. The smallest absolute Gasteiger partial charge is 0.241 e. The van der Waals surface area contributed by atoms with Crippen LogP contribution >= 0.6 is 11.3 Å². The molecule has 0 spiro atoms. The van der Waals surface area contributed by atoms with E-state index in [1.807, 2.05) is 32.2 Å². The summed E-state index contributed by atoms with van der Waals surface area (Å²) in [6.45, 7) is 2.85. The van der Waals surface area contributed by atoms with Crippen LogP contribution < -0.4 is 10.0 Å². The molecule has 2 rings (SSSR count). The van der Waals surface area contributed by atoms with E-state index in [2.05, 4.69) is 15.0 Å². The molecule has 5 nitrogen and oxygen atoms in total. The lowest BCUT2D eigenvalue weighted by Gasteiger charge is -2.05. The fourth-order valence-electron chi connectivity index (χ4n) is 1.99. The minimum absolute atomic E-state index is 0.343. The Morgan fingerprint density at radius 2 is 2.14 bits per heavy atom. The third-order valence-electron chi connectivity index (χ3n) is 2.96. The molecule has 0 amide bonds. The SMILES string of the molecule is CNCc1cc(S(=O)(=O)NCCc2ccccn2)c(C)s1. The van der Waals surface area contributed by atoms with E-state index in [-0.39, 0.29) is 0 Å². The summed E-state index contributed by atoms with van der Waals surface area (Å²) in [7, 11) is -1.61. The first-order valence-corrected chi connectivity index (χ1v) is 8.96. The van der Waals surface area contributed by atoms with Crippen molar-refractivity contribution < 1.29 is 8.42 Å². The van der Waals surface area contributed by atoms with Gasteiger partial charge in [0.15, 0.2) is 0 Å². The van der Waals surface area contributed by atoms with Crippen LogP contribution in [0, 0.1) is 6.92 Å². The molecule has 0 aromatic carbocycles. The highest BCUT2D eigenvalue weighted by Crippen LogP contribution is 2.25. The van der Waals surface area contributed by atoms with E-state index < -0.39 is 10.0 Å². The largest absolute Gasteiger partial charge is 0.315 e. The normalized spacial score (nSPS) is 11.7. The summed E-state index contributed by atoms with van der Waals surface area (Å²) in [5, 5.41) is 3.03. The minimum atomic E-state index is -3.45. The van der Waals surface area contributed by atoms with Crippen molar-refractivity contribution in [1.82, 2.24) is 15.0 Å². The molecule has 0 aliphatic heterocycles. The Hall–Kier alpha value is -1.28. The van der Waals surface area contributed by atoms with Crippen molar-refractivity contribution >= 4 is 21.4 Å². The molecule has 0 fully saturated rings. The van der Waals surface area contributed by atoms with Crippen molar-refractivity contribution in [2.75, 3.05) is 13.6 Å². The summed E-state index contributed by atoms with van der Waals surface area (Å²) in [5.74, 6) is 0. The van der Waals surface area contributed by atoms with Crippen molar-refractivity contribution in [3.8, 4) is 0 Å². The van der Waals surface area contributed by atoms with Crippen molar-refractivity contribution in [3.63, 3.8) is 0 Å². The van der Waals surface area contributed by atoms with Gasteiger partial charge in [0.05, 0.1) is 4.90 Å². The maximum atomic E-state index is 12.3. The maximum absolute atomic E-state index is 12.3. The number of hydrogen-bond acceptors (Lipinski definition) is 5. The van der Waals surface area contributed by atoms with Gasteiger partial charge in [-0.15, -0.1) is 11.3 Å². The van der Waals surface area contributed by atoms with Crippen molar-refractivity contribution in [2.24, 2.45) is 0 Å². The number of sulfonamides is 1. The lowest BCUT2D eigenvalue weighted by atomic mass is 10.3. The van der Waals surface area contributed by atoms with Crippen LogP contribution in [-0.4, -0.2) is 27.0 Å². The van der Waals surface area contributed by atoms with Crippen LogP contribution in [0.1, 0.15) is 15.4 Å². The molecule has 7 heteroatoms. The molecule has 114 valence electrons. The zero-order valence-electron chi connectivity index (χ0n) is 12.1. The van der Waals surface area contributed by atoms with Crippen LogP contribution in [0.25, 0.3) is 0 Å². The predicted molar refractivity (Wildman–Crippen MR) is 84.9 cm³/mol. The van der Waals surface area contributed by atoms with Gasteiger partial charge in [-0.1, -0.05) is 6.07 Å². The average molecular weight is 325 g/mol. The van der Waals surface area contributed by atoms with Crippen LogP contribution in [0.2, 0.25) is 0 Å². The molecule has 2 aromatic rings. The summed E-state index contributed by atoms with van der Waals surface area (Å²) in [6, 6.07) is 7.35. The summed E-state index contributed by atoms with van der Waals surface area (Å²) >= 11 is 1.50. The highest BCUT2D eigenvalue weighted by molar-refractivity contribution is 7.89. The summed E-state index contributed by atoms with van der Waals surface area (Å²) in [4.78, 5) is 6.37. The lowest BCUT2D eigenvalue weighted by Crippen LogP contribution is -2.26. The van der Waals surface area contributed by atoms with Gasteiger partial charge in [0.2, 0.25) is 10.0 Å². The van der Waals surface area contributed by atoms with Crippen molar-refractivity contribution in [2.45, 2.75) is 24.8 Å². The first-order valence-electron chi connectivity index (χ1n) is 6.66. The molecule has 0 saturated heterocycles. The summed E-state index contributed by atoms with van der Waals surface area (Å²) < 4.78 is 27.3. The second kappa shape index (κ2) is 7.13. The zero-order valence-corrected chi connectivity index (χ0v) is 13.7. The maximum Gasteiger partial charge on any atom is 0.241 e. The van der Waals surface area contributed by atoms with E-state index in [0.717, 1.165) is 15.4 Å². The molecule has 2 heterocycles. The fraction of sp³-hybridized carbons (Fsp3) is 0.357. The van der Waals surface area contributed by atoms with Crippen LogP contribution in [0.3, 0.4) is 0 Å². The molecule has 0 unspecified atom stereocenters. The first-order chi connectivity index (χ1) is 10.0. The topological polar surface area (TPSA) is 71.1 Å². The Morgan fingerprint density at radius 1 is 1.33 bits per heavy atom. The van der Waals surface area contributed by atoms with E-state index >= 15 is 0 Å². The Morgan fingerprint density at radius 3 is 2.81 bits per heavy atom. The number of rotatable bonds is 7. The van der Waals surface area contributed by atoms with Gasteiger partial charge < -0.3 is 5.32 Å². The molecule has 0 bridgehead atoms. The molecule has 0 saturated carbocycles. The lowest BCUT2D eigenvalue weighted by molar-refractivity contribution is 0.581. The van der Waals surface area contributed by atoms with Crippen LogP contribution in [0.5, 0.6) is 0 Å². The third-order valence-corrected chi connectivity index (χ3v) is 5.73. The fourth-order valence-corrected chi connectivity index (χ4v) is 4.67. The number of aryl methyl sites for hydroxylation is 1. The van der Waals surface area contributed by atoms with Gasteiger partial charge >= 0.3 is 0 Å². The standard InChI is InChI=1S/C14H19N3O2S2/c1-11-14(9-13(20-11)10-15-2)21(18,19)17-8-6-12-5-3-4-7-16-12/h3-5,7,9,15,17H,6,8,10H2,1-2H3. The van der Waals surface area contributed by atoms with Crippen LogP contribution in [-0.2, 0) is 23.0 Å². The number of hydrogen-bond donors (Lipinski definition) is 2. The second-order valence-corrected chi connectivity index (χ2v) is 7.71. The first kappa shape index (κ1) is 16.1. The summed E-state index contributed by atoms with van der Waals surface area (Å²) in [5.41, 5.74) is 0.873. The molecule has 0 atom stereocenters. The zero-order chi connectivity index (χ0) is 15.3. The quantitative estimate of drug-likeness (QED) is 0.813. The van der Waals surface area contributed by atoms with Gasteiger partial charge in [-0.05, 0) is 32.2 Å². The number of pyridine rings is 1. The molecule has 2 N–H and O–H groups in total. The van der Waals surface area contributed by atoms with Crippen molar-refractivity contribution in [3.05, 3.63) is 45.9 Å². The van der Waals surface area contributed by atoms with E-state index in [0.29, 0.717) is 24.4 Å². The molecule has 0 aliphatic carbocycles. The molecule has 21 heavy (non-hydrogen) atoms. The van der Waals surface area contributed by atoms with Gasteiger partial charge in [0.25, 0.3) is 0 Å². The highest BCUT2D eigenvalue weighted by atomic mass is 32.2. The van der Waals surface area contributed by atoms with Gasteiger partial charge in [-0.2, -0.15) is 0 Å². The number of nitrogens with one attached hydrogen (secondary N) is 2. The monoisotopic (exact) mass is 325 g/mol. The molecular formula is C14H19N3O2S2. The van der Waals surface area contributed by atoms with E-state index in [1.165, 1.54) is 11.3 Å². The van der Waals surface area contributed by atoms with E-state index in [9.17, 15) is 8.42 Å². The van der Waals surface area contributed by atoms with Crippen molar-refractivity contribution in [1.29, 1.82) is 0 Å². The molecule has 0 radical (unpaired) electrons. The van der Waals surface area contributed by atoms with Gasteiger partial charge in [-0.25, -0.2) is 13.1 Å². The summed E-state index contributed by atoms with van der Waals surface area (Å²) in [6.07, 6.45) is 2.28. The molecule has 2 aromatic heterocycles. The number of aromatic nitrogens is 1. The Balaban J connectivity index is 2.01. The van der Waals surface area contributed by atoms with E-state index in [1.54, 1.807) is 12.3 Å². The number of nitrogens with zero attached hydrogens (tertiary/aromatic N) is 1. The van der Waals surface area contributed by atoms with Crippen LogP contribution in [0.4, 0.5) is 0 Å². The predicted octanol–water partition coefficient (Wildman–Crippen LogP) is 1.69. The minimum Gasteiger partial charge on any atom is -0.315 e. The average Bonchev–Trinajstić information content (AvgIpc) is 2.82. The Labute approximate surface area is 129 Å². The molecular weight excluding hydrogens is 306 g/mol. The van der Waals surface area contributed by atoms with Crippen LogP contribution in [0.15, 0.2) is 35.4 Å². The third kappa shape index (κ3) is 4.34. The number of thiophene rings is 1. The van der Waals surface area contributed by atoms with Gasteiger partial charge in [0, 0.05) is 41.2 Å². The Bertz CT molecular complexity index is 681.